The van der Waals surface area contributed by atoms with Gasteiger partial charge in [-0.25, -0.2) is 13.4 Å². The summed E-state index contributed by atoms with van der Waals surface area (Å²) in [4.78, 5) is 8.81. The fourth-order valence-corrected chi connectivity index (χ4v) is 5.71. The molecule has 4 rings (SSSR count). The molecule has 1 aliphatic carbocycles. The Bertz CT molecular complexity index is 797. The van der Waals surface area contributed by atoms with Crippen molar-refractivity contribution >= 4 is 10.0 Å². The number of aryl methyl sites for hydroxylation is 1. The van der Waals surface area contributed by atoms with Crippen LogP contribution in [-0.4, -0.2) is 33.8 Å². The fraction of sp³-hybridized carbons (Fsp3) is 0.529. The zero-order valence-corrected chi connectivity index (χ0v) is 14.4. The van der Waals surface area contributed by atoms with E-state index in [0.717, 1.165) is 31.6 Å². The van der Waals surface area contributed by atoms with Gasteiger partial charge in [-0.3, -0.25) is 4.98 Å². The molecule has 0 amide bonds. The van der Waals surface area contributed by atoms with Crippen molar-refractivity contribution in [2.45, 2.75) is 49.6 Å². The van der Waals surface area contributed by atoms with Gasteiger partial charge in [0.2, 0.25) is 10.0 Å². The summed E-state index contributed by atoms with van der Waals surface area (Å²) >= 11 is 0. The molecule has 3 heterocycles. The van der Waals surface area contributed by atoms with Crippen molar-refractivity contribution in [1.82, 2.24) is 18.8 Å². The predicted molar refractivity (Wildman–Crippen MR) is 89.7 cm³/mol. The summed E-state index contributed by atoms with van der Waals surface area (Å²) in [7, 11) is -3.58. The number of pyridine rings is 1. The molecule has 1 saturated carbocycles. The van der Waals surface area contributed by atoms with E-state index in [1.165, 1.54) is 19.0 Å². The molecule has 24 heavy (non-hydrogen) atoms. The van der Waals surface area contributed by atoms with Gasteiger partial charge in [0.25, 0.3) is 0 Å². The van der Waals surface area contributed by atoms with E-state index in [-0.39, 0.29) is 10.9 Å². The molecule has 0 saturated heterocycles. The molecule has 2 aromatic rings. The molecule has 2 aliphatic rings. The highest BCUT2D eigenvalue weighted by Crippen LogP contribution is 2.42. The Kier molecular flexibility index (Phi) is 4.14. The largest absolute Gasteiger partial charge is 0.334 e. The molecule has 1 fully saturated rings. The van der Waals surface area contributed by atoms with Gasteiger partial charge in [-0.05, 0) is 37.3 Å². The van der Waals surface area contributed by atoms with Gasteiger partial charge in [-0.15, -0.1) is 0 Å². The first kappa shape index (κ1) is 15.8. The number of rotatable bonds is 3. The normalized spacial score (nSPS) is 23.1. The van der Waals surface area contributed by atoms with E-state index >= 15 is 0 Å². The van der Waals surface area contributed by atoms with Crippen molar-refractivity contribution in [3.05, 3.63) is 42.7 Å². The van der Waals surface area contributed by atoms with Crippen LogP contribution in [0, 0.1) is 5.92 Å². The minimum atomic E-state index is -3.58. The van der Waals surface area contributed by atoms with E-state index in [4.69, 9.17) is 0 Å². The second kappa shape index (κ2) is 6.29. The van der Waals surface area contributed by atoms with Crippen molar-refractivity contribution in [3.8, 4) is 0 Å². The standard InChI is InChI=1S/C17H22N4O2S/c22-24(23,15-7-3-8-18-13-15)21-11-4-10-20-12-9-19-17(20)16(21)14-5-1-2-6-14/h3,7-9,12-14,16H,1-2,4-6,10-11H2. The first-order valence-electron chi connectivity index (χ1n) is 8.61. The Balaban J connectivity index is 1.80. The van der Waals surface area contributed by atoms with Crippen LogP contribution >= 0.6 is 0 Å². The molecular weight excluding hydrogens is 324 g/mol. The number of nitrogens with zero attached hydrogens (tertiary/aromatic N) is 4. The van der Waals surface area contributed by atoms with Crippen LogP contribution in [0.1, 0.15) is 44.0 Å². The zero-order chi connectivity index (χ0) is 16.6. The van der Waals surface area contributed by atoms with Crippen LogP contribution in [0.15, 0.2) is 41.8 Å². The number of imidazole rings is 1. The van der Waals surface area contributed by atoms with Gasteiger partial charge in [0, 0.05) is 37.9 Å². The van der Waals surface area contributed by atoms with Gasteiger partial charge in [-0.2, -0.15) is 4.31 Å². The maximum Gasteiger partial charge on any atom is 0.245 e. The zero-order valence-electron chi connectivity index (χ0n) is 13.6. The molecule has 0 N–H and O–H groups in total. The van der Waals surface area contributed by atoms with Crippen molar-refractivity contribution in [3.63, 3.8) is 0 Å². The minimum Gasteiger partial charge on any atom is -0.334 e. The van der Waals surface area contributed by atoms with E-state index in [9.17, 15) is 8.42 Å². The first-order valence-corrected chi connectivity index (χ1v) is 10.0. The molecular formula is C17H22N4O2S. The molecule has 0 aromatic carbocycles. The highest BCUT2D eigenvalue weighted by atomic mass is 32.2. The lowest BCUT2D eigenvalue weighted by Crippen LogP contribution is -2.38. The lowest BCUT2D eigenvalue weighted by Gasteiger charge is -2.32. The number of fused-ring (bicyclic) bond motifs is 1. The van der Waals surface area contributed by atoms with Gasteiger partial charge in [-0.1, -0.05) is 12.8 Å². The van der Waals surface area contributed by atoms with Gasteiger partial charge in [0.15, 0.2) is 0 Å². The Labute approximate surface area is 142 Å². The molecule has 0 radical (unpaired) electrons. The fourth-order valence-electron chi connectivity index (χ4n) is 4.06. The third kappa shape index (κ3) is 2.65. The summed E-state index contributed by atoms with van der Waals surface area (Å²) in [6, 6.07) is 3.14. The molecule has 2 aromatic heterocycles. The summed E-state index contributed by atoms with van der Waals surface area (Å²) in [6.45, 7) is 1.35. The quantitative estimate of drug-likeness (QED) is 0.857. The summed E-state index contributed by atoms with van der Waals surface area (Å²) < 4.78 is 30.4. The van der Waals surface area contributed by atoms with Gasteiger partial charge >= 0.3 is 0 Å². The number of aromatic nitrogens is 3. The number of hydrogen-bond acceptors (Lipinski definition) is 4. The minimum absolute atomic E-state index is 0.171. The second-order valence-electron chi connectivity index (χ2n) is 6.63. The first-order chi connectivity index (χ1) is 11.7. The van der Waals surface area contributed by atoms with Crippen molar-refractivity contribution in [2.24, 2.45) is 5.92 Å². The molecule has 6 nitrogen and oxygen atoms in total. The van der Waals surface area contributed by atoms with E-state index < -0.39 is 10.0 Å². The number of hydrogen-bond donors (Lipinski definition) is 0. The maximum absolute atomic E-state index is 13.3. The predicted octanol–water partition coefficient (Wildman–Crippen LogP) is 2.60. The lowest BCUT2D eigenvalue weighted by atomic mass is 9.97. The SMILES string of the molecule is O=S(=O)(c1cccnc1)N1CCCn2ccnc2C1C1CCCC1. The molecule has 1 atom stereocenters. The van der Waals surface area contributed by atoms with Crippen molar-refractivity contribution in [1.29, 1.82) is 0 Å². The smallest absolute Gasteiger partial charge is 0.245 e. The summed E-state index contributed by atoms with van der Waals surface area (Å²) in [5, 5.41) is 0. The highest BCUT2D eigenvalue weighted by molar-refractivity contribution is 7.89. The van der Waals surface area contributed by atoms with Crippen molar-refractivity contribution in [2.75, 3.05) is 6.54 Å². The highest BCUT2D eigenvalue weighted by Gasteiger charge is 2.41. The maximum atomic E-state index is 13.3. The van der Waals surface area contributed by atoms with Gasteiger partial charge in [0.1, 0.15) is 10.7 Å². The van der Waals surface area contributed by atoms with Crippen LogP contribution in [0.3, 0.4) is 0 Å². The van der Waals surface area contributed by atoms with Crippen molar-refractivity contribution < 1.29 is 8.42 Å². The van der Waals surface area contributed by atoms with Crippen LogP contribution < -0.4 is 0 Å². The van der Waals surface area contributed by atoms with Crippen LogP contribution in [0.4, 0.5) is 0 Å². The van der Waals surface area contributed by atoms with Gasteiger partial charge < -0.3 is 4.57 Å². The molecule has 128 valence electrons. The Morgan fingerprint density at radius 1 is 1.08 bits per heavy atom. The lowest BCUT2D eigenvalue weighted by molar-refractivity contribution is 0.238. The Morgan fingerprint density at radius 3 is 2.67 bits per heavy atom. The van der Waals surface area contributed by atoms with Crippen LogP contribution in [-0.2, 0) is 16.6 Å². The third-order valence-corrected chi connectivity index (χ3v) is 7.05. The summed E-state index contributed by atoms with van der Waals surface area (Å²) in [5.41, 5.74) is 0. The van der Waals surface area contributed by atoms with E-state index in [0.29, 0.717) is 12.5 Å². The summed E-state index contributed by atoms with van der Waals surface area (Å²) in [6.07, 6.45) is 12.1. The van der Waals surface area contributed by atoms with E-state index in [2.05, 4.69) is 14.5 Å². The Hall–Kier alpha value is -1.73. The average Bonchev–Trinajstić information content (AvgIpc) is 3.25. The van der Waals surface area contributed by atoms with Crippen LogP contribution in [0.5, 0.6) is 0 Å². The molecule has 1 aliphatic heterocycles. The van der Waals surface area contributed by atoms with E-state index in [1.807, 2.05) is 6.20 Å². The second-order valence-corrected chi connectivity index (χ2v) is 8.52. The molecule has 0 spiro atoms. The number of sulfonamides is 1. The van der Waals surface area contributed by atoms with Crippen LogP contribution in [0.2, 0.25) is 0 Å². The average molecular weight is 346 g/mol. The third-order valence-electron chi connectivity index (χ3n) is 5.19. The Morgan fingerprint density at radius 2 is 1.92 bits per heavy atom. The molecule has 1 unspecified atom stereocenters. The van der Waals surface area contributed by atoms with E-state index in [1.54, 1.807) is 28.8 Å². The summed E-state index contributed by atoms with van der Waals surface area (Å²) in [5.74, 6) is 1.24. The van der Waals surface area contributed by atoms with Gasteiger partial charge in [0.05, 0.1) is 6.04 Å². The topological polar surface area (TPSA) is 68.1 Å². The monoisotopic (exact) mass is 346 g/mol. The molecule has 7 heteroatoms. The van der Waals surface area contributed by atoms with Crippen LogP contribution in [0.25, 0.3) is 0 Å². The molecule has 0 bridgehead atoms.